The quantitative estimate of drug-likeness (QED) is 0.839. The summed E-state index contributed by atoms with van der Waals surface area (Å²) in [6, 6.07) is 0.968. The van der Waals surface area contributed by atoms with Crippen molar-refractivity contribution in [3.05, 3.63) is 27.9 Å². The van der Waals surface area contributed by atoms with Crippen molar-refractivity contribution in [1.82, 2.24) is 15.3 Å². The van der Waals surface area contributed by atoms with Crippen LogP contribution in [0.15, 0.2) is 10.9 Å². The standard InChI is InChI=1S/C12H19N3O3/c1-7(13-11(17)18-12(3,4)5)9-6-10(16)15-8(2)14-9/h6-7H,1-5H3,(H,13,17)(H,14,15,16)/t7-/m0/s1. The Kier molecular flexibility index (Phi) is 4.11. The molecule has 0 aliphatic carbocycles. The molecule has 1 heterocycles. The number of hydrogen-bond donors (Lipinski definition) is 2. The highest BCUT2D eigenvalue weighted by atomic mass is 16.6. The molecular formula is C12H19N3O3. The third kappa shape index (κ3) is 4.57. The number of nitrogens with zero attached hydrogens (tertiary/aromatic N) is 1. The molecule has 1 atom stereocenters. The maximum Gasteiger partial charge on any atom is 0.408 e. The van der Waals surface area contributed by atoms with Gasteiger partial charge in [-0.2, -0.15) is 0 Å². The Hall–Kier alpha value is -1.85. The van der Waals surface area contributed by atoms with Gasteiger partial charge in [-0.1, -0.05) is 0 Å². The fourth-order valence-electron chi connectivity index (χ4n) is 1.38. The van der Waals surface area contributed by atoms with E-state index in [1.165, 1.54) is 6.07 Å². The lowest BCUT2D eigenvalue weighted by molar-refractivity contribution is 0.0507. The molecule has 18 heavy (non-hydrogen) atoms. The summed E-state index contributed by atoms with van der Waals surface area (Å²) in [6.45, 7) is 8.78. The topological polar surface area (TPSA) is 84.1 Å². The summed E-state index contributed by atoms with van der Waals surface area (Å²) in [7, 11) is 0. The molecule has 1 aromatic rings. The van der Waals surface area contributed by atoms with Crippen LogP contribution in [0.4, 0.5) is 4.79 Å². The van der Waals surface area contributed by atoms with Gasteiger partial charge in [-0.3, -0.25) is 4.79 Å². The van der Waals surface area contributed by atoms with Crippen molar-refractivity contribution in [1.29, 1.82) is 0 Å². The van der Waals surface area contributed by atoms with Crippen LogP contribution in [0.3, 0.4) is 0 Å². The van der Waals surface area contributed by atoms with Gasteiger partial charge in [-0.05, 0) is 34.6 Å². The van der Waals surface area contributed by atoms with Crippen molar-refractivity contribution in [3.63, 3.8) is 0 Å². The zero-order valence-corrected chi connectivity index (χ0v) is 11.3. The maximum absolute atomic E-state index is 11.6. The molecule has 0 aromatic carbocycles. The molecular weight excluding hydrogens is 234 g/mol. The third-order valence-electron chi connectivity index (χ3n) is 2.06. The van der Waals surface area contributed by atoms with Crippen molar-refractivity contribution >= 4 is 6.09 Å². The van der Waals surface area contributed by atoms with E-state index in [1.54, 1.807) is 34.6 Å². The summed E-state index contributed by atoms with van der Waals surface area (Å²) in [5, 5.41) is 2.63. The molecule has 0 unspecified atom stereocenters. The number of carbonyl (C=O) groups is 1. The molecule has 2 N–H and O–H groups in total. The number of H-pyrrole nitrogens is 1. The molecule has 0 spiro atoms. The molecule has 6 nitrogen and oxygen atoms in total. The lowest BCUT2D eigenvalue weighted by atomic mass is 10.2. The summed E-state index contributed by atoms with van der Waals surface area (Å²) in [4.78, 5) is 29.6. The van der Waals surface area contributed by atoms with E-state index in [0.717, 1.165) is 0 Å². The van der Waals surface area contributed by atoms with E-state index >= 15 is 0 Å². The second-order valence-corrected chi connectivity index (χ2v) is 5.12. The van der Waals surface area contributed by atoms with Gasteiger partial charge in [0.2, 0.25) is 0 Å². The van der Waals surface area contributed by atoms with Gasteiger partial charge in [-0.25, -0.2) is 9.78 Å². The monoisotopic (exact) mass is 253 g/mol. The number of rotatable bonds is 2. The molecule has 0 aliphatic rings. The molecule has 0 fully saturated rings. The normalized spacial score (nSPS) is 12.9. The van der Waals surface area contributed by atoms with E-state index in [4.69, 9.17) is 4.74 Å². The minimum atomic E-state index is -0.554. The van der Waals surface area contributed by atoms with Crippen molar-refractivity contribution in [2.75, 3.05) is 0 Å². The van der Waals surface area contributed by atoms with Crippen LogP contribution >= 0.6 is 0 Å². The van der Waals surface area contributed by atoms with E-state index < -0.39 is 11.7 Å². The van der Waals surface area contributed by atoms with Crippen LogP contribution in [0.2, 0.25) is 0 Å². The first-order chi connectivity index (χ1) is 8.17. The van der Waals surface area contributed by atoms with Crippen LogP contribution in [-0.4, -0.2) is 21.7 Å². The number of nitrogens with one attached hydrogen (secondary N) is 2. The minimum Gasteiger partial charge on any atom is -0.444 e. The average molecular weight is 253 g/mol. The first-order valence-corrected chi connectivity index (χ1v) is 5.75. The number of carbonyl (C=O) groups excluding carboxylic acids is 1. The molecule has 0 bridgehead atoms. The van der Waals surface area contributed by atoms with Crippen molar-refractivity contribution in [3.8, 4) is 0 Å². The number of hydrogen-bond acceptors (Lipinski definition) is 4. The first-order valence-electron chi connectivity index (χ1n) is 5.75. The van der Waals surface area contributed by atoms with Crippen LogP contribution in [0.5, 0.6) is 0 Å². The summed E-state index contributed by atoms with van der Waals surface area (Å²) in [6.07, 6.45) is -0.533. The summed E-state index contributed by atoms with van der Waals surface area (Å²) < 4.78 is 5.13. The Morgan fingerprint density at radius 3 is 2.61 bits per heavy atom. The average Bonchev–Trinajstić information content (AvgIpc) is 2.12. The Bertz CT molecular complexity index is 488. The number of amides is 1. The molecule has 1 rings (SSSR count). The first kappa shape index (κ1) is 14.2. The van der Waals surface area contributed by atoms with Gasteiger partial charge in [0.25, 0.3) is 5.56 Å². The van der Waals surface area contributed by atoms with Crippen molar-refractivity contribution in [2.24, 2.45) is 0 Å². The number of ether oxygens (including phenoxy) is 1. The number of aromatic amines is 1. The molecule has 6 heteroatoms. The fraction of sp³-hybridized carbons (Fsp3) is 0.583. The second kappa shape index (κ2) is 5.20. The Balaban J connectivity index is 2.73. The van der Waals surface area contributed by atoms with E-state index in [0.29, 0.717) is 11.5 Å². The van der Waals surface area contributed by atoms with E-state index in [-0.39, 0.29) is 11.6 Å². The number of aryl methyl sites for hydroxylation is 1. The Labute approximate surface area is 106 Å². The largest absolute Gasteiger partial charge is 0.444 e. The van der Waals surface area contributed by atoms with Gasteiger partial charge in [0.1, 0.15) is 11.4 Å². The minimum absolute atomic E-state index is 0.240. The van der Waals surface area contributed by atoms with E-state index in [9.17, 15) is 9.59 Å². The summed E-state index contributed by atoms with van der Waals surface area (Å²) in [5.74, 6) is 0.510. The predicted octanol–water partition coefficient (Wildman–Crippen LogP) is 1.66. The predicted molar refractivity (Wildman–Crippen MR) is 67.4 cm³/mol. The van der Waals surface area contributed by atoms with Gasteiger partial charge in [0.05, 0.1) is 11.7 Å². The number of alkyl carbamates (subject to hydrolysis) is 1. The van der Waals surface area contributed by atoms with Crippen LogP contribution < -0.4 is 10.9 Å². The van der Waals surface area contributed by atoms with E-state index in [2.05, 4.69) is 15.3 Å². The lowest BCUT2D eigenvalue weighted by Crippen LogP contribution is -2.34. The zero-order chi connectivity index (χ0) is 13.9. The van der Waals surface area contributed by atoms with Crippen molar-refractivity contribution in [2.45, 2.75) is 46.3 Å². The highest BCUT2D eigenvalue weighted by Gasteiger charge is 2.19. The van der Waals surface area contributed by atoms with E-state index in [1.807, 2.05) is 0 Å². The summed E-state index contributed by atoms with van der Waals surface area (Å²) in [5.41, 5.74) is -0.293. The van der Waals surface area contributed by atoms with Gasteiger partial charge in [-0.15, -0.1) is 0 Å². The Morgan fingerprint density at radius 2 is 2.11 bits per heavy atom. The number of aromatic nitrogens is 2. The van der Waals surface area contributed by atoms with Crippen LogP contribution in [0.25, 0.3) is 0 Å². The Morgan fingerprint density at radius 1 is 1.50 bits per heavy atom. The zero-order valence-electron chi connectivity index (χ0n) is 11.3. The van der Waals surface area contributed by atoms with Gasteiger partial charge in [0.15, 0.2) is 0 Å². The molecule has 0 saturated carbocycles. The highest BCUT2D eigenvalue weighted by Crippen LogP contribution is 2.10. The smallest absolute Gasteiger partial charge is 0.408 e. The molecule has 0 radical (unpaired) electrons. The molecule has 1 aromatic heterocycles. The second-order valence-electron chi connectivity index (χ2n) is 5.12. The van der Waals surface area contributed by atoms with Crippen molar-refractivity contribution < 1.29 is 9.53 Å². The third-order valence-corrected chi connectivity index (χ3v) is 2.06. The summed E-state index contributed by atoms with van der Waals surface area (Å²) >= 11 is 0. The molecule has 0 aliphatic heterocycles. The fourth-order valence-corrected chi connectivity index (χ4v) is 1.38. The van der Waals surface area contributed by atoms with Crippen LogP contribution in [0.1, 0.15) is 45.3 Å². The van der Waals surface area contributed by atoms with Crippen LogP contribution in [-0.2, 0) is 4.74 Å². The molecule has 1 amide bonds. The lowest BCUT2D eigenvalue weighted by Gasteiger charge is -2.21. The van der Waals surface area contributed by atoms with Gasteiger partial charge >= 0.3 is 6.09 Å². The SMILES string of the molecule is Cc1nc([C@H](C)NC(=O)OC(C)(C)C)cc(=O)[nH]1. The van der Waals surface area contributed by atoms with Crippen LogP contribution in [0, 0.1) is 6.92 Å². The maximum atomic E-state index is 11.6. The highest BCUT2D eigenvalue weighted by molar-refractivity contribution is 5.68. The molecule has 0 saturated heterocycles. The van der Waals surface area contributed by atoms with Gasteiger partial charge in [0, 0.05) is 6.07 Å². The molecule has 100 valence electrons. The van der Waals surface area contributed by atoms with Gasteiger partial charge < -0.3 is 15.0 Å².